The third-order valence-electron chi connectivity index (χ3n) is 4.33. The fourth-order valence-corrected chi connectivity index (χ4v) is 4.29. The topological polar surface area (TPSA) is 64.7 Å². The van der Waals surface area contributed by atoms with E-state index in [1.54, 1.807) is 0 Å². The molecule has 1 unspecified atom stereocenters. The minimum atomic E-state index is -4.46. The van der Waals surface area contributed by atoms with Crippen molar-refractivity contribution in [3.05, 3.63) is 0 Å². The number of halogens is 3. The molecule has 0 amide bonds. The fraction of sp³-hybridized carbons (Fsp3) is 1.00. The van der Waals surface area contributed by atoms with Crippen LogP contribution in [0.4, 0.5) is 13.2 Å². The standard InChI is InChI=1S/C13H25F3N4O2S/c14-13(15,16)12(19-9-5-17-6-10-19)11-18-23(21,22)20-7-3-1-2-4-8-20/h12,17-18H,1-11H2. The van der Waals surface area contributed by atoms with Crippen LogP contribution in [0.1, 0.15) is 25.7 Å². The molecule has 0 spiro atoms. The normalized spacial score (nSPS) is 24.3. The van der Waals surface area contributed by atoms with Gasteiger partial charge in [-0.15, -0.1) is 0 Å². The van der Waals surface area contributed by atoms with Gasteiger partial charge in [-0.05, 0) is 12.8 Å². The number of hydrogen-bond donors (Lipinski definition) is 2. The average molecular weight is 358 g/mol. The molecule has 0 aromatic rings. The number of nitrogens with one attached hydrogen (secondary N) is 2. The largest absolute Gasteiger partial charge is 0.405 e. The summed E-state index contributed by atoms with van der Waals surface area (Å²) in [5, 5.41) is 3.00. The van der Waals surface area contributed by atoms with Crippen LogP contribution >= 0.6 is 0 Å². The van der Waals surface area contributed by atoms with E-state index < -0.39 is 29.0 Å². The number of hydrogen-bond acceptors (Lipinski definition) is 4. The summed E-state index contributed by atoms with van der Waals surface area (Å²) >= 11 is 0. The zero-order valence-electron chi connectivity index (χ0n) is 13.1. The summed E-state index contributed by atoms with van der Waals surface area (Å²) in [7, 11) is -3.86. The van der Waals surface area contributed by atoms with E-state index in [9.17, 15) is 21.6 Å². The minimum Gasteiger partial charge on any atom is -0.314 e. The maximum absolute atomic E-state index is 13.3. The molecule has 0 aromatic heterocycles. The molecular formula is C13H25F3N4O2S. The molecule has 2 aliphatic rings. The van der Waals surface area contributed by atoms with Crippen molar-refractivity contribution in [2.45, 2.75) is 37.9 Å². The second kappa shape index (κ2) is 8.11. The molecule has 2 rings (SSSR count). The average Bonchev–Trinajstić information content (AvgIpc) is 2.76. The van der Waals surface area contributed by atoms with Crippen molar-refractivity contribution < 1.29 is 21.6 Å². The van der Waals surface area contributed by atoms with Gasteiger partial charge in [0.15, 0.2) is 0 Å². The highest BCUT2D eigenvalue weighted by atomic mass is 32.2. The maximum atomic E-state index is 13.3. The van der Waals surface area contributed by atoms with Crippen LogP contribution in [0.25, 0.3) is 0 Å². The van der Waals surface area contributed by atoms with Crippen LogP contribution in [0.3, 0.4) is 0 Å². The predicted molar refractivity (Wildman–Crippen MR) is 81.2 cm³/mol. The van der Waals surface area contributed by atoms with E-state index in [1.165, 1.54) is 9.21 Å². The van der Waals surface area contributed by atoms with E-state index in [2.05, 4.69) is 10.0 Å². The Kier molecular flexibility index (Phi) is 6.66. The predicted octanol–water partition coefficient (Wildman–Crippen LogP) is 0.533. The van der Waals surface area contributed by atoms with Gasteiger partial charge in [-0.2, -0.15) is 25.9 Å². The Balaban J connectivity index is 1.98. The van der Waals surface area contributed by atoms with Crippen LogP contribution in [0.5, 0.6) is 0 Å². The molecule has 23 heavy (non-hydrogen) atoms. The molecule has 2 saturated heterocycles. The summed E-state index contributed by atoms with van der Waals surface area (Å²) in [5.41, 5.74) is 0. The fourth-order valence-electron chi connectivity index (χ4n) is 3.00. The van der Waals surface area contributed by atoms with Crippen molar-refractivity contribution in [2.75, 3.05) is 45.8 Å². The Hall–Kier alpha value is -0.420. The lowest BCUT2D eigenvalue weighted by Crippen LogP contribution is -2.58. The van der Waals surface area contributed by atoms with Gasteiger partial charge in [-0.1, -0.05) is 12.8 Å². The van der Waals surface area contributed by atoms with Gasteiger partial charge >= 0.3 is 6.18 Å². The molecule has 0 radical (unpaired) electrons. The molecule has 0 aromatic carbocycles. The van der Waals surface area contributed by atoms with Crippen molar-refractivity contribution in [3.63, 3.8) is 0 Å². The van der Waals surface area contributed by atoms with E-state index >= 15 is 0 Å². The van der Waals surface area contributed by atoms with Crippen LogP contribution in [0.15, 0.2) is 0 Å². The van der Waals surface area contributed by atoms with E-state index in [1.807, 2.05) is 0 Å². The van der Waals surface area contributed by atoms with Crippen molar-refractivity contribution in [2.24, 2.45) is 0 Å². The van der Waals surface area contributed by atoms with Gasteiger partial charge in [0.05, 0.1) is 0 Å². The van der Waals surface area contributed by atoms with Gasteiger partial charge in [0.25, 0.3) is 10.2 Å². The molecule has 0 aliphatic carbocycles. The van der Waals surface area contributed by atoms with Gasteiger partial charge < -0.3 is 5.32 Å². The van der Waals surface area contributed by atoms with Gasteiger partial charge in [-0.25, -0.2) is 4.72 Å². The van der Waals surface area contributed by atoms with Gasteiger partial charge in [0.2, 0.25) is 0 Å². The lowest BCUT2D eigenvalue weighted by molar-refractivity contribution is -0.182. The van der Waals surface area contributed by atoms with E-state index in [-0.39, 0.29) is 13.1 Å². The molecule has 0 bridgehead atoms. The van der Waals surface area contributed by atoms with Crippen molar-refractivity contribution in [3.8, 4) is 0 Å². The highest BCUT2D eigenvalue weighted by molar-refractivity contribution is 7.87. The Bertz CT molecular complexity index is 458. The van der Waals surface area contributed by atoms with Gasteiger partial charge in [0, 0.05) is 45.8 Å². The molecule has 2 fully saturated rings. The quantitative estimate of drug-likeness (QED) is 0.753. The second-order valence-electron chi connectivity index (χ2n) is 6.01. The van der Waals surface area contributed by atoms with Crippen molar-refractivity contribution in [1.82, 2.24) is 19.2 Å². The first-order chi connectivity index (χ1) is 10.8. The Morgan fingerprint density at radius 3 is 2.09 bits per heavy atom. The highest BCUT2D eigenvalue weighted by Crippen LogP contribution is 2.25. The first kappa shape index (κ1) is 18.9. The second-order valence-corrected chi connectivity index (χ2v) is 7.77. The summed E-state index contributed by atoms with van der Waals surface area (Å²) in [5.74, 6) is 0. The Morgan fingerprint density at radius 1 is 1.00 bits per heavy atom. The number of nitrogens with zero attached hydrogens (tertiary/aromatic N) is 2. The molecule has 2 N–H and O–H groups in total. The molecule has 1 atom stereocenters. The van der Waals surface area contributed by atoms with Gasteiger partial charge in [-0.3, -0.25) is 4.90 Å². The van der Waals surface area contributed by atoms with Crippen LogP contribution in [0.2, 0.25) is 0 Å². The van der Waals surface area contributed by atoms with E-state index in [4.69, 9.17) is 0 Å². The summed E-state index contributed by atoms with van der Waals surface area (Å²) in [6.45, 7) is 1.59. The molecule has 0 saturated carbocycles. The third-order valence-corrected chi connectivity index (χ3v) is 5.91. The van der Waals surface area contributed by atoms with Crippen molar-refractivity contribution in [1.29, 1.82) is 0 Å². The summed E-state index contributed by atoms with van der Waals surface area (Å²) in [6, 6.07) is -1.79. The zero-order chi connectivity index (χ0) is 16.9. The van der Waals surface area contributed by atoms with Crippen LogP contribution in [-0.2, 0) is 10.2 Å². The highest BCUT2D eigenvalue weighted by Gasteiger charge is 2.44. The van der Waals surface area contributed by atoms with Crippen LogP contribution in [0, 0.1) is 0 Å². The smallest absolute Gasteiger partial charge is 0.314 e. The Labute approximate surface area is 135 Å². The van der Waals surface area contributed by atoms with Crippen LogP contribution < -0.4 is 10.0 Å². The molecule has 10 heteroatoms. The monoisotopic (exact) mass is 358 g/mol. The maximum Gasteiger partial charge on any atom is 0.405 e. The molecule has 6 nitrogen and oxygen atoms in total. The third kappa shape index (κ3) is 5.56. The Morgan fingerprint density at radius 2 is 1.57 bits per heavy atom. The first-order valence-electron chi connectivity index (χ1n) is 8.07. The van der Waals surface area contributed by atoms with Gasteiger partial charge in [0.1, 0.15) is 6.04 Å². The lowest BCUT2D eigenvalue weighted by atomic mass is 10.2. The van der Waals surface area contributed by atoms with E-state index in [0.29, 0.717) is 26.2 Å². The van der Waals surface area contributed by atoms with Crippen molar-refractivity contribution >= 4 is 10.2 Å². The summed E-state index contributed by atoms with van der Waals surface area (Å²) in [4.78, 5) is 1.29. The SMILES string of the molecule is O=S(=O)(NCC(N1CCNCC1)C(F)(F)F)N1CCCCCC1. The summed E-state index contributed by atoms with van der Waals surface area (Å²) in [6.07, 6.45) is -1.04. The molecule has 2 aliphatic heterocycles. The first-order valence-corrected chi connectivity index (χ1v) is 9.51. The minimum absolute atomic E-state index is 0.260. The molecule has 136 valence electrons. The number of rotatable bonds is 5. The lowest BCUT2D eigenvalue weighted by Gasteiger charge is -2.36. The molecular weight excluding hydrogens is 333 g/mol. The number of piperazine rings is 1. The van der Waals surface area contributed by atoms with E-state index in [0.717, 1.165) is 25.7 Å². The number of alkyl halides is 3. The zero-order valence-corrected chi connectivity index (χ0v) is 13.9. The summed E-state index contributed by atoms with van der Waals surface area (Å²) < 4.78 is 67.8. The molecule has 2 heterocycles. The van der Waals surface area contributed by atoms with Crippen LogP contribution in [-0.4, -0.2) is 75.7 Å².